The first-order chi connectivity index (χ1) is 11.9. The molecule has 1 aliphatic rings. The molecular formula is C16H25N3O5S. The summed E-state index contributed by atoms with van der Waals surface area (Å²) in [5.74, 6) is 0.443. The predicted octanol–water partition coefficient (Wildman–Crippen LogP) is -0.196. The van der Waals surface area contributed by atoms with Crippen LogP contribution in [0.4, 0.5) is 0 Å². The normalized spacial score (nSPS) is 18.7. The molecule has 8 nitrogen and oxygen atoms in total. The molecule has 140 valence electrons. The van der Waals surface area contributed by atoms with E-state index in [0.717, 1.165) is 6.42 Å². The minimum atomic E-state index is -3.25. The van der Waals surface area contributed by atoms with Crippen LogP contribution in [0.25, 0.3) is 0 Å². The van der Waals surface area contributed by atoms with Crippen molar-refractivity contribution >= 4 is 15.9 Å². The number of rotatable bonds is 8. The summed E-state index contributed by atoms with van der Waals surface area (Å²) >= 11 is 0. The number of hydrogen-bond donors (Lipinski definition) is 2. The summed E-state index contributed by atoms with van der Waals surface area (Å²) in [5, 5.41) is 2.77. The summed E-state index contributed by atoms with van der Waals surface area (Å²) in [5.41, 5.74) is 5.91. The van der Waals surface area contributed by atoms with Crippen LogP contribution in [0, 0.1) is 0 Å². The van der Waals surface area contributed by atoms with Gasteiger partial charge >= 0.3 is 0 Å². The quantitative estimate of drug-likeness (QED) is 0.613. The van der Waals surface area contributed by atoms with Gasteiger partial charge in [0.05, 0.1) is 25.6 Å². The number of nitrogens with zero attached hydrogens (tertiary/aromatic N) is 1. The summed E-state index contributed by atoms with van der Waals surface area (Å²) < 4.78 is 35.5. The van der Waals surface area contributed by atoms with Gasteiger partial charge in [-0.25, -0.2) is 8.42 Å². The first-order valence-electron chi connectivity index (χ1n) is 8.18. The highest BCUT2D eigenvalue weighted by Crippen LogP contribution is 2.13. The lowest BCUT2D eigenvalue weighted by atomic mass is 10.2. The first-order valence-corrected chi connectivity index (χ1v) is 10.0. The highest BCUT2D eigenvalue weighted by atomic mass is 32.2. The van der Waals surface area contributed by atoms with Gasteiger partial charge in [-0.05, 0) is 37.2 Å². The SMILES string of the molecule is CS(=O)(=O)N1CCO[C@@H](CNC(=O)c2ccc(OCCCN)cc2)C1. The maximum atomic E-state index is 12.2. The third-order valence-corrected chi connectivity index (χ3v) is 5.06. The maximum Gasteiger partial charge on any atom is 0.251 e. The van der Waals surface area contributed by atoms with E-state index < -0.39 is 10.0 Å². The second-order valence-electron chi connectivity index (χ2n) is 5.84. The third-order valence-electron chi connectivity index (χ3n) is 3.79. The van der Waals surface area contributed by atoms with Gasteiger partial charge in [0.2, 0.25) is 10.0 Å². The number of benzene rings is 1. The summed E-state index contributed by atoms with van der Waals surface area (Å²) in [4.78, 5) is 12.2. The number of ether oxygens (including phenoxy) is 2. The van der Waals surface area contributed by atoms with Crippen LogP contribution in [0.1, 0.15) is 16.8 Å². The fourth-order valence-electron chi connectivity index (χ4n) is 2.40. The molecule has 0 saturated carbocycles. The Morgan fingerprint density at radius 1 is 1.40 bits per heavy atom. The van der Waals surface area contributed by atoms with Crippen LogP contribution in [0.5, 0.6) is 5.75 Å². The van der Waals surface area contributed by atoms with Gasteiger partial charge in [-0.3, -0.25) is 4.79 Å². The van der Waals surface area contributed by atoms with E-state index >= 15 is 0 Å². The maximum absolute atomic E-state index is 12.2. The molecule has 1 saturated heterocycles. The van der Waals surface area contributed by atoms with Crippen LogP contribution in [0.2, 0.25) is 0 Å². The highest BCUT2D eigenvalue weighted by Gasteiger charge is 2.26. The Labute approximate surface area is 148 Å². The Hall–Kier alpha value is -1.68. The van der Waals surface area contributed by atoms with Crippen LogP contribution in [0.3, 0.4) is 0 Å². The molecule has 1 heterocycles. The standard InChI is InChI=1S/C16H25N3O5S/c1-25(21,22)19-8-10-24-15(12-19)11-18-16(20)13-3-5-14(6-4-13)23-9-2-7-17/h3-6,15H,2,7-12,17H2,1H3,(H,18,20)/t15-/m0/s1. The molecule has 0 aliphatic carbocycles. The van der Waals surface area contributed by atoms with Crippen molar-refractivity contribution < 1.29 is 22.7 Å². The molecule has 0 radical (unpaired) electrons. The van der Waals surface area contributed by atoms with E-state index in [2.05, 4.69) is 5.32 Å². The van der Waals surface area contributed by atoms with Crippen molar-refractivity contribution in [3.63, 3.8) is 0 Å². The molecule has 1 aliphatic heterocycles. The van der Waals surface area contributed by atoms with Crippen molar-refractivity contribution in [3.05, 3.63) is 29.8 Å². The molecular weight excluding hydrogens is 346 g/mol. The smallest absolute Gasteiger partial charge is 0.251 e. The number of nitrogens with one attached hydrogen (secondary N) is 1. The largest absolute Gasteiger partial charge is 0.494 e. The van der Waals surface area contributed by atoms with Crippen LogP contribution in [-0.4, -0.2) is 70.4 Å². The van der Waals surface area contributed by atoms with E-state index in [1.807, 2.05) is 0 Å². The lowest BCUT2D eigenvalue weighted by Gasteiger charge is -2.31. The number of hydrogen-bond acceptors (Lipinski definition) is 6. The molecule has 3 N–H and O–H groups in total. The fourth-order valence-corrected chi connectivity index (χ4v) is 3.24. The number of carbonyl (C=O) groups excluding carboxylic acids is 1. The van der Waals surface area contributed by atoms with Gasteiger partial charge in [-0.15, -0.1) is 0 Å². The van der Waals surface area contributed by atoms with E-state index in [1.165, 1.54) is 10.6 Å². The molecule has 1 aromatic carbocycles. The first kappa shape index (κ1) is 19.6. The Balaban J connectivity index is 1.81. The van der Waals surface area contributed by atoms with Crippen LogP contribution >= 0.6 is 0 Å². The molecule has 1 atom stereocenters. The molecule has 0 bridgehead atoms. The zero-order valence-electron chi connectivity index (χ0n) is 14.3. The average molecular weight is 371 g/mol. The van der Waals surface area contributed by atoms with Crippen molar-refractivity contribution in [2.45, 2.75) is 12.5 Å². The zero-order chi connectivity index (χ0) is 18.3. The second kappa shape index (κ2) is 9.14. The van der Waals surface area contributed by atoms with E-state index in [9.17, 15) is 13.2 Å². The van der Waals surface area contributed by atoms with Crippen LogP contribution in [0.15, 0.2) is 24.3 Å². The highest BCUT2D eigenvalue weighted by molar-refractivity contribution is 7.88. The monoisotopic (exact) mass is 371 g/mol. The van der Waals surface area contributed by atoms with Crippen LogP contribution < -0.4 is 15.8 Å². The number of carbonyl (C=O) groups is 1. The Morgan fingerprint density at radius 3 is 2.76 bits per heavy atom. The van der Waals surface area contributed by atoms with Crippen molar-refractivity contribution in [1.82, 2.24) is 9.62 Å². The van der Waals surface area contributed by atoms with Gasteiger partial charge in [-0.2, -0.15) is 4.31 Å². The van der Waals surface area contributed by atoms with E-state index in [1.54, 1.807) is 24.3 Å². The van der Waals surface area contributed by atoms with E-state index in [-0.39, 0.29) is 25.1 Å². The number of nitrogens with two attached hydrogens (primary N) is 1. The second-order valence-corrected chi connectivity index (χ2v) is 7.82. The molecule has 1 aromatic rings. The predicted molar refractivity (Wildman–Crippen MR) is 94.1 cm³/mol. The molecule has 0 aromatic heterocycles. The van der Waals surface area contributed by atoms with Crippen molar-refractivity contribution in [2.75, 3.05) is 45.6 Å². The van der Waals surface area contributed by atoms with Gasteiger partial charge in [-0.1, -0.05) is 0 Å². The summed E-state index contributed by atoms with van der Waals surface area (Å²) in [6.45, 7) is 2.27. The van der Waals surface area contributed by atoms with Gasteiger partial charge in [0.25, 0.3) is 5.91 Å². The minimum absolute atomic E-state index is 0.242. The van der Waals surface area contributed by atoms with Gasteiger partial charge < -0.3 is 20.5 Å². The number of sulfonamides is 1. The molecule has 25 heavy (non-hydrogen) atoms. The lowest BCUT2D eigenvalue weighted by molar-refractivity contribution is 0.000438. The Morgan fingerprint density at radius 2 is 2.12 bits per heavy atom. The van der Waals surface area contributed by atoms with Gasteiger partial charge in [0.15, 0.2) is 0 Å². The molecule has 0 spiro atoms. The summed E-state index contributed by atoms with van der Waals surface area (Å²) in [6, 6.07) is 6.82. The minimum Gasteiger partial charge on any atom is -0.494 e. The molecule has 1 fully saturated rings. The molecule has 2 rings (SSSR count). The summed E-state index contributed by atoms with van der Waals surface area (Å²) in [6.07, 6.45) is 1.59. The van der Waals surface area contributed by atoms with Crippen LogP contribution in [-0.2, 0) is 14.8 Å². The average Bonchev–Trinajstić information content (AvgIpc) is 2.60. The molecule has 1 amide bonds. The molecule has 9 heteroatoms. The Bertz CT molecular complexity index is 663. The number of morpholine rings is 1. The number of amides is 1. The fraction of sp³-hybridized carbons (Fsp3) is 0.562. The van der Waals surface area contributed by atoms with Gasteiger partial charge in [0, 0.05) is 25.2 Å². The van der Waals surface area contributed by atoms with E-state index in [4.69, 9.17) is 15.2 Å². The van der Waals surface area contributed by atoms with E-state index in [0.29, 0.717) is 37.6 Å². The van der Waals surface area contributed by atoms with Crippen molar-refractivity contribution in [1.29, 1.82) is 0 Å². The van der Waals surface area contributed by atoms with Gasteiger partial charge in [0.1, 0.15) is 5.75 Å². The van der Waals surface area contributed by atoms with Crippen molar-refractivity contribution in [3.8, 4) is 5.75 Å². The Kier molecular flexibility index (Phi) is 7.18. The third kappa shape index (κ3) is 6.28. The summed E-state index contributed by atoms with van der Waals surface area (Å²) in [7, 11) is -3.25. The topological polar surface area (TPSA) is 111 Å². The van der Waals surface area contributed by atoms with Crippen molar-refractivity contribution in [2.24, 2.45) is 5.73 Å². The zero-order valence-corrected chi connectivity index (χ0v) is 15.1. The lowest BCUT2D eigenvalue weighted by Crippen LogP contribution is -2.49. The molecule has 0 unspecified atom stereocenters.